The van der Waals surface area contributed by atoms with Gasteiger partial charge in [-0.15, -0.1) is 0 Å². The van der Waals surface area contributed by atoms with Crippen molar-refractivity contribution in [2.45, 2.75) is 20.8 Å². The minimum Gasteiger partial charge on any atom is -0.293 e. The van der Waals surface area contributed by atoms with Gasteiger partial charge in [0.25, 0.3) is 5.91 Å². The third-order valence-corrected chi connectivity index (χ3v) is 2.14. The summed E-state index contributed by atoms with van der Waals surface area (Å²) in [6, 6.07) is 5.44. The van der Waals surface area contributed by atoms with Crippen LogP contribution in [0.5, 0.6) is 0 Å². The number of rotatable bonds is 1. The van der Waals surface area contributed by atoms with E-state index < -0.39 is 0 Å². The minimum absolute atomic E-state index is 0.335. The number of benzene rings is 1. The lowest BCUT2D eigenvalue weighted by atomic mass is 10.0. The van der Waals surface area contributed by atoms with Gasteiger partial charge in [0.05, 0.1) is 0 Å². The lowest BCUT2D eigenvalue weighted by molar-refractivity contribution is -0.118. The van der Waals surface area contributed by atoms with Gasteiger partial charge >= 0.3 is 0 Å². The van der Waals surface area contributed by atoms with Gasteiger partial charge in [0, 0.05) is 12.5 Å². The molecule has 0 saturated heterocycles. The summed E-state index contributed by atoms with van der Waals surface area (Å²) in [6.07, 6.45) is 0. The van der Waals surface area contributed by atoms with E-state index in [1.54, 1.807) is 12.1 Å². The molecule has 1 aromatic carbocycles. The van der Waals surface area contributed by atoms with Crippen molar-refractivity contribution < 1.29 is 9.59 Å². The highest BCUT2D eigenvalue weighted by Gasteiger charge is 2.10. The number of nitrogens with one attached hydrogen (secondary N) is 1. The SMILES string of the molecule is CC(=O)NC(=O)c1cccc(C)c1C. The average molecular weight is 191 g/mol. The lowest BCUT2D eigenvalue weighted by Crippen LogP contribution is -2.28. The van der Waals surface area contributed by atoms with Crippen molar-refractivity contribution in [1.82, 2.24) is 5.32 Å². The number of hydrogen-bond acceptors (Lipinski definition) is 2. The highest BCUT2D eigenvalue weighted by atomic mass is 16.2. The molecular weight excluding hydrogens is 178 g/mol. The van der Waals surface area contributed by atoms with E-state index in [0.717, 1.165) is 11.1 Å². The summed E-state index contributed by atoms with van der Waals surface area (Å²) in [7, 11) is 0. The summed E-state index contributed by atoms with van der Waals surface area (Å²) in [5, 5.41) is 2.25. The number of carbonyl (C=O) groups is 2. The van der Waals surface area contributed by atoms with Crippen molar-refractivity contribution in [2.24, 2.45) is 0 Å². The maximum absolute atomic E-state index is 11.5. The van der Waals surface area contributed by atoms with Gasteiger partial charge in [0.1, 0.15) is 0 Å². The van der Waals surface area contributed by atoms with Gasteiger partial charge in [-0.2, -0.15) is 0 Å². The van der Waals surface area contributed by atoms with Crippen LogP contribution in [0.1, 0.15) is 28.4 Å². The third kappa shape index (κ3) is 2.19. The smallest absolute Gasteiger partial charge is 0.258 e. The molecule has 2 amide bonds. The Morgan fingerprint density at radius 1 is 1.21 bits per heavy atom. The molecule has 0 aliphatic carbocycles. The number of amides is 2. The first-order chi connectivity index (χ1) is 6.52. The quantitative estimate of drug-likeness (QED) is 0.732. The average Bonchev–Trinajstić information content (AvgIpc) is 2.08. The Morgan fingerprint density at radius 2 is 1.86 bits per heavy atom. The zero-order chi connectivity index (χ0) is 10.7. The fourth-order valence-electron chi connectivity index (χ4n) is 1.22. The Kier molecular flexibility index (Phi) is 3.02. The van der Waals surface area contributed by atoms with Gasteiger partial charge in [-0.3, -0.25) is 14.9 Å². The number of hydrogen-bond donors (Lipinski definition) is 1. The van der Waals surface area contributed by atoms with Crippen LogP contribution in [-0.2, 0) is 4.79 Å². The second-order valence-electron chi connectivity index (χ2n) is 3.26. The molecule has 3 nitrogen and oxygen atoms in total. The van der Waals surface area contributed by atoms with E-state index in [0.29, 0.717) is 5.56 Å². The molecule has 0 spiro atoms. The molecule has 74 valence electrons. The molecular formula is C11H13NO2. The molecule has 0 atom stereocenters. The van der Waals surface area contributed by atoms with Crippen LogP contribution in [0.2, 0.25) is 0 Å². The number of carbonyl (C=O) groups excluding carboxylic acids is 2. The molecule has 0 heterocycles. The molecule has 14 heavy (non-hydrogen) atoms. The highest BCUT2D eigenvalue weighted by Crippen LogP contribution is 2.12. The van der Waals surface area contributed by atoms with Crippen LogP contribution in [0.4, 0.5) is 0 Å². The molecule has 0 aromatic heterocycles. The van der Waals surface area contributed by atoms with Gasteiger partial charge in [0.15, 0.2) is 0 Å². The van der Waals surface area contributed by atoms with Crippen LogP contribution >= 0.6 is 0 Å². The first-order valence-electron chi connectivity index (χ1n) is 4.40. The van der Waals surface area contributed by atoms with Gasteiger partial charge < -0.3 is 0 Å². The van der Waals surface area contributed by atoms with Gasteiger partial charge in [-0.1, -0.05) is 12.1 Å². The van der Waals surface area contributed by atoms with E-state index in [2.05, 4.69) is 5.32 Å². The predicted molar refractivity (Wildman–Crippen MR) is 54.1 cm³/mol. The molecule has 0 fully saturated rings. The summed E-state index contributed by atoms with van der Waals surface area (Å²) in [5.74, 6) is -0.672. The van der Waals surface area contributed by atoms with Crippen LogP contribution in [-0.4, -0.2) is 11.8 Å². The van der Waals surface area contributed by atoms with E-state index in [9.17, 15) is 9.59 Å². The van der Waals surface area contributed by atoms with Crippen LogP contribution in [0.3, 0.4) is 0 Å². The van der Waals surface area contributed by atoms with E-state index in [4.69, 9.17) is 0 Å². The maximum Gasteiger partial charge on any atom is 0.258 e. The topological polar surface area (TPSA) is 46.2 Å². The second-order valence-corrected chi connectivity index (χ2v) is 3.26. The summed E-state index contributed by atoms with van der Waals surface area (Å²) >= 11 is 0. The van der Waals surface area contributed by atoms with Crippen molar-refractivity contribution in [3.8, 4) is 0 Å². The Balaban J connectivity index is 3.01. The summed E-state index contributed by atoms with van der Waals surface area (Å²) in [6.45, 7) is 5.12. The molecule has 0 radical (unpaired) electrons. The molecule has 0 unspecified atom stereocenters. The molecule has 0 saturated carbocycles. The summed E-state index contributed by atoms with van der Waals surface area (Å²) in [4.78, 5) is 22.2. The lowest BCUT2D eigenvalue weighted by Gasteiger charge is -2.06. The van der Waals surface area contributed by atoms with E-state index >= 15 is 0 Å². The number of aryl methyl sites for hydroxylation is 1. The molecule has 1 rings (SSSR count). The zero-order valence-corrected chi connectivity index (χ0v) is 8.55. The Hall–Kier alpha value is -1.64. The van der Waals surface area contributed by atoms with Gasteiger partial charge in [-0.25, -0.2) is 0 Å². The first-order valence-corrected chi connectivity index (χ1v) is 4.40. The standard InChI is InChI=1S/C11H13NO2/c1-7-5-4-6-10(8(7)2)11(14)12-9(3)13/h4-6H,1-3H3,(H,12,13,14). The van der Waals surface area contributed by atoms with Crippen LogP contribution in [0.25, 0.3) is 0 Å². The third-order valence-electron chi connectivity index (χ3n) is 2.14. The summed E-state index contributed by atoms with van der Waals surface area (Å²) < 4.78 is 0. The van der Waals surface area contributed by atoms with Crippen molar-refractivity contribution in [3.05, 3.63) is 34.9 Å². The van der Waals surface area contributed by atoms with Crippen molar-refractivity contribution in [3.63, 3.8) is 0 Å². The molecule has 0 bridgehead atoms. The molecule has 1 N–H and O–H groups in total. The fourth-order valence-corrected chi connectivity index (χ4v) is 1.22. The van der Waals surface area contributed by atoms with Crippen molar-refractivity contribution in [2.75, 3.05) is 0 Å². The molecule has 0 aliphatic rings. The van der Waals surface area contributed by atoms with Crippen LogP contribution in [0, 0.1) is 13.8 Å². The number of imide groups is 1. The summed E-state index contributed by atoms with van der Waals surface area (Å²) in [5.41, 5.74) is 2.51. The molecule has 0 aliphatic heterocycles. The predicted octanol–water partition coefficient (Wildman–Crippen LogP) is 1.58. The Labute approximate surface area is 83.1 Å². The van der Waals surface area contributed by atoms with Crippen LogP contribution in [0.15, 0.2) is 18.2 Å². The first kappa shape index (κ1) is 10.4. The molecule has 1 aromatic rings. The van der Waals surface area contributed by atoms with Gasteiger partial charge in [0.2, 0.25) is 5.91 Å². The van der Waals surface area contributed by atoms with Crippen molar-refractivity contribution >= 4 is 11.8 Å². The fraction of sp³-hybridized carbons (Fsp3) is 0.273. The van der Waals surface area contributed by atoms with Gasteiger partial charge in [-0.05, 0) is 31.0 Å². The molecule has 3 heteroatoms. The second kappa shape index (κ2) is 4.05. The van der Waals surface area contributed by atoms with E-state index in [1.807, 2.05) is 19.9 Å². The highest BCUT2D eigenvalue weighted by molar-refractivity contribution is 6.05. The maximum atomic E-state index is 11.5. The normalized spacial score (nSPS) is 9.64. The van der Waals surface area contributed by atoms with E-state index in [-0.39, 0.29) is 11.8 Å². The Bertz CT molecular complexity index is 383. The van der Waals surface area contributed by atoms with Crippen molar-refractivity contribution in [1.29, 1.82) is 0 Å². The van der Waals surface area contributed by atoms with E-state index in [1.165, 1.54) is 6.92 Å². The minimum atomic E-state index is -0.337. The monoisotopic (exact) mass is 191 g/mol. The zero-order valence-electron chi connectivity index (χ0n) is 8.55. The van der Waals surface area contributed by atoms with Crippen LogP contribution < -0.4 is 5.32 Å². The largest absolute Gasteiger partial charge is 0.293 e. The Morgan fingerprint density at radius 3 is 2.43 bits per heavy atom.